The van der Waals surface area contributed by atoms with Crippen LogP contribution in [0.4, 0.5) is 28.0 Å². The second kappa shape index (κ2) is 12.7. The van der Waals surface area contributed by atoms with Gasteiger partial charge in [0.15, 0.2) is 17.2 Å². The van der Waals surface area contributed by atoms with Crippen molar-refractivity contribution in [2.75, 3.05) is 37.6 Å². The third-order valence-corrected chi connectivity index (χ3v) is 7.97. The van der Waals surface area contributed by atoms with Crippen LogP contribution in [0.5, 0.6) is 5.75 Å². The van der Waals surface area contributed by atoms with E-state index in [9.17, 15) is 37.5 Å². The van der Waals surface area contributed by atoms with Gasteiger partial charge < -0.3 is 29.9 Å². The van der Waals surface area contributed by atoms with Crippen molar-refractivity contribution in [2.24, 2.45) is 0 Å². The van der Waals surface area contributed by atoms with E-state index in [1.165, 1.54) is 18.7 Å². The fraction of sp³-hybridized carbons (Fsp3) is 0.467. The maximum atomic E-state index is 15.6. The molecule has 2 atom stereocenters. The number of fused-ring (bicyclic) bond motifs is 1. The maximum absolute atomic E-state index is 15.6. The van der Waals surface area contributed by atoms with Gasteiger partial charge in [0.25, 0.3) is 11.8 Å². The van der Waals surface area contributed by atoms with Gasteiger partial charge in [-0.2, -0.15) is 0 Å². The summed E-state index contributed by atoms with van der Waals surface area (Å²) in [6, 6.07) is 2.12. The van der Waals surface area contributed by atoms with E-state index in [0.717, 1.165) is 21.9 Å². The molecular weight excluding hydrogens is 588 g/mol. The number of carboxylic acid groups (broad SMARTS) is 1. The molecule has 1 saturated heterocycles. The topological polar surface area (TPSA) is 119 Å². The minimum atomic E-state index is -1.40. The fourth-order valence-corrected chi connectivity index (χ4v) is 5.70. The van der Waals surface area contributed by atoms with Crippen LogP contribution in [0.25, 0.3) is 0 Å². The first kappa shape index (κ1) is 32.6. The van der Waals surface area contributed by atoms with E-state index >= 15 is 4.39 Å². The van der Waals surface area contributed by atoms with Crippen molar-refractivity contribution < 1.29 is 46.6 Å². The highest BCUT2D eigenvalue weighted by molar-refractivity contribution is 6.04. The summed E-state index contributed by atoms with van der Waals surface area (Å²) in [4.78, 5) is 54.3. The van der Waals surface area contributed by atoms with E-state index in [0.29, 0.717) is 12.1 Å². The molecule has 44 heavy (non-hydrogen) atoms. The maximum Gasteiger partial charge on any atom is 0.407 e. The molecule has 4 rings (SSSR count). The second-order valence-corrected chi connectivity index (χ2v) is 11.1. The predicted molar refractivity (Wildman–Crippen MR) is 151 cm³/mol. The van der Waals surface area contributed by atoms with Gasteiger partial charge in [-0.05, 0) is 44.9 Å². The van der Waals surface area contributed by atoms with Crippen LogP contribution in [0.1, 0.15) is 62.4 Å². The van der Waals surface area contributed by atoms with Gasteiger partial charge in [0.05, 0.1) is 17.3 Å². The number of benzene rings is 2. The predicted octanol–water partition coefficient (Wildman–Crippen LogP) is 4.27. The van der Waals surface area contributed by atoms with Crippen LogP contribution in [0.3, 0.4) is 0 Å². The van der Waals surface area contributed by atoms with Gasteiger partial charge in [0.2, 0.25) is 5.91 Å². The molecule has 0 unspecified atom stereocenters. The number of likely N-dealkylation sites (N-methyl/N-ethyl adjacent to an activating group) is 1. The van der Waals surface area contributed by atoms with E-state index in [1.54, 1.807) is 13.8 Å². The number of piperidine rings is 1. The summed E-state index contributed by atoms with van der Waals surface area (Å²) in [6.45, 7) is 5.85. The number of nitrogens with zero attached hydrogens (tertiary/aromatic N) is 3. The number of halogens is 4. The van der Waals surface area contributed by atoms with Crippen LogP contribution in [0.2, 0.25) is 0 Å². The van der Waals surface area contributed by atoms with E-state index in [-0.39, 0.29) is 68.5 Å². The lowest BCUT2D eigenvalue weighted by molar-refractivity contribution is -0.132. The number of ether oxygens (including phenoxy) is 1. The molecule has 0 bridgehead atoms. The van der Waals surface area contributed by atoms with Gasteiger partial charge in [-0.15, -0.1) is 0 Å². The quantitative estimate of drug-likeness (QED) is 0.335. The van der Waals surface area contributed by atoms with Crippen molar-refractivity contribution in [3.8, 4) is 5.75 Å². The smallest absolute Gasteiger partial charge is 0.407 e. The number of hydrogen-bond donors (Lipinski definition) is 2. The van der Waals surface area contributed by atoms with Crippen LogP contribution < -0.4 is 15.0 Å². The first-order valence-electron chi connectivity index (χ1n) is 14.2. The zero-order valence-corrected chi connectivity index (χ0v) is 24.8. The molecule has 2 aliphatic heterocycles. The summed E-state index contributed by atoms with van der Waals surface area (Å²) >= 11 is 0. The number of anilines is 1. The minimum absolute atomic E-state index is 0.00516. The van der Waals surface area contributed by atoms with Crippen molar-refractivity contribution in [1.29, 1.82) is 0 Å². The highest BCUT2D eigenvalue weighted by Crippen LogP contribution is 2.41. The molecule has 2 aliphatic rings. The molecule has 0 saturated carbocycles. The van der Waals surface area contributed by atoms with Crippen molar-refractivity contribution in [2.45, 2.75) is 58.1 Å². The number of carbonyl (C=O) groups excluding carboxylic acids is 3. The molecule has 14 heteroatoms. The average molecular weight is 623 g/mol. The zero-order valence-electron chi connectivity index (χ0n) is 24.8. The Hall–Kier alpha value is -4.36. The van der Waals surface area contributed by atoms with Crippen molar-refractivity contribution in [3.63, 3.8) is 0 Å². The van der Waals surface area contributed by atoms with Crippen LogP contribution in [-0.2, 0) is 9.59 Å². The van der Waals surface area contributed by atoms with Crippen molar-refractivity contribution >= 4 is 29.5 Å². The molecule has 238 valence electrons. The molecule has 0 aromatic heterocycles. The number of nitrogens with one attached hydrogen (secondary N) is 1. The van der Waals surface area contributed by atoms with Gasteiger partial charge in [-0.1, -0.05) is 6.92 Å². The molecular formula is C30H34F4N4O6. The summed E-state index contributed by atoms with van der Waals surface area (Å²) in [5.41, 5.74) is -2.00. The molecule has 2 aromatic carbocycles. The highest BCUT2D eigenvalue weighted by Gasteiger charge is 2.43. The van der Waals surface area contributed by atoms with Crippen LogP contribution in [0, 0.1) is 23.3 Å². The lowest BCUT2D eigenvalue weighted by atomic mass is 9.83. The molecule has 1 fully saturated rings. The molecule has 10 nitrogen and oxygen atoms in total. The lowest BCUT2D eigenvalue weighted by Gasteiger charge is -2.43. The summed E-state index contributed by atoms with van der Waals surface area (Å²) in [5.74, 6) is -7.34. The Bertz CT molecular complexity index is 1490. The van der Waals surface area contributed by atoms with E-state index in [1.807, 2.05) is 0 Å². The number of hydrogen-bond acceptors (Lipinski definition) is 5. The van der Waals surface area contributed by atoms with E-state index in [2.05, 4.69) is 5.32 Å². The Morgan fingerprint density at radius 2 is 1.73 bits per heavy atom. The SMILES string of the molecule is CCC(=O)NCCN1C(=O)C(C)(C)Oc2cc(F)c(C(=O)N(CC)[C@H]3CN(C(=O)O)CC[C@@H]3c3cc(F)c(F)cc3F)cc21. The van der Waals surface area contributed by atoms with Crippen LogP contribution >= 0.6 is 0 Å². The standard InChI is InChI=1S/C30H34F4N4O6/c1-5-26(39)35-8-10-38-23-12-18(20(32)14-25(23)44-30(3,4)28(38)41)27(40)37(6-2)24-15-36(29(42)43)9-7-16(24)17-11-21(33)22(34)13-19(17)31/h11-14,16,24H,5-10,15H2,1-4H3,(H,35,39)(H,42,43)/t16-,24+/m1/s1. The Morgan fingerprint density at radius 1 is 1.05 bits per heavy atom. The number of carbonyl (C=O) groups is 4. The average Bonchev–Trinajstić information content (AvgIpc) is 2.96. The molecule has 0 spiro atoms. The Balaban J connectivity index is 1.75. The van der Waals surface area contributed by atoms with E-state index in [4.69, 9.17) is 4.74 Å². The van der Waals surface area contributed by atoms with Gasteiger partial charge in [-0.3, -0.25) is 14.4 Å². The summed E-state index contributed by atoms with van der Waals surface area (Å²) in [6.07, 6.45) is -1.10. The number of amides is 4. The van der Waals surface area contributed by atoms with Gasteiger partial charge >= 0.3 is 6.09 Å². The first-order valence-corrected chi connectivity index (χ1v) is 14.2. The Kier molecular flexibility index (Phi) is 9.40. The number of rotatable bonds is 8. The summed E-state index contributed by atoms with van der Waals surface area (Å²) in [7, 11) is 0. The third-order valence-electron chi connectivity index (χ3n) is 7.97. The molecule has 2 aromatic rings. The number of likely N-dealkylation sites (tertiary alicyclic amines) is 1. The largest absolute Gasteiger partial charge is 0.476 e. The fourth-order valence-electron chi connectivity index (χ4n) is 5.70. The van der Waals surface area contributed by atoms with E-state index < -0.39 is 64.3 Å². The summed E-state index contributed by atoms with van der Waals surface area (Å²) < 4.78 is 64.2. The second-order valence-electron chi connectivity index (χ2n) is 11.1. The van der Waals surface area contributed by atoms with Gasteiger partial charge in [0.1, 0.15) is 17.4 Å². The van der Waals surface area contributed by atoms with Crippen LogP contribution in [0.15, 0.2) is 24.3 Å². The van der Waals surface area contributed by atoms with Gasteiger partial charge in [0, 0.05) is 57.2 Å². The molecule has 2 heterocycles. The molecule has 4 amide bonds. The summed E-state index contributed by atoms with van der Waals surface area (Å²) in [5, 5.41) is 12.3. The van der Waals surface area contributed by atoms with Gasteiger partial charge in [-0.25, -0.2) is 22.4 Å². The molecule has 0 aliphatic carbocycles. The Labute approximate surface area is 251 Å². The highest BCUT2D eigenvalue weighted by atomic mass is 19.2. The third kappa shape index (κ3) is 6.29. The monoisotopic (exact) mass is 622 g/mol. The molecule has 2 N–H and O–H groups in total. The first-order chi connectivity index (χ1) is 20.7. The normalized spacial score (nSPS) is 19.2. The van der Waals surface area contributed by atoms with Crippen molar-refractivity contribution in [1.82, 2.24) is 15.1 Å². The minimum Gasteiger partial charge on any atom is -0.476 e. The molecule has 0 radical (unpaired) electrons. The lowest BCUT2D eigenvalue weighted by Crippen LogP contribution is -2.55. The Morgan fingerprint density at radius 3 is 2.36 bits per heavy atom. The van der Waals surface area contributed by atoms with Crippen molar-refractivity contribution in [3.05, 3.63) is 58.7 Å². The van der Waals surface area contributed by atoms with Crippen LogP contribution in [-0.4, -0.2) is 83.1 Å². The zero-order chi connectivity index (χ0) is 32.5.